The van der Waals surface area contributed by atoms with Crippen molar-refractivity contribution in [3.63, 3.8) is 0 Å². The molecule has 0 spiro atoms. The molecule has 1 amide bonds. The zero-order valence-electron chi connectivity index (χ0n) is 8.96. The highest BCUT2D eigenvalue weighted by Gasteiger charge is 2.01. The Hall–Kier alpha value is -0.610. The lowest BCUT2D eigenvalue weighted by Gasteiger charge is -2.05. The van der Waals surface area contributed by atoms with Crippen molar-refractivity contribution in [1.29, 1.82) is 0 Å². The molecule has 4 heteroatoms. The van der Waals surface area contributed by atoms with Crippen molar-refractivity contribution >= 4 is 5.91 Å². The molecule has 0 fully saturated rings. The van der Waals surface area contributed by atoms with E-state index in [0.717, 1.165) is 25.7 Å². The first kappa shape index (κ1) is 13.4. The summed E-state index contributed by atoms with van der Waals surface area (Å²) in [7, 11) is 0. The highest BCUT2D eigenvalue weighted by atomic mass is 16.2. The first-order valence-corrected chi connectivity index (χ1v) is 5.30. The maximum atomic E-state index is 11.2. The van der Waals surface area contributed by atoms with Crippen LogP contribution >= 0.6 is 0 Å². The molecule has 4 N–H and O–H groups in total. The minimum Gasteiger partial charge on any atom is -0.396 e. The molecule has 0 rings (SSSR count). The smallest absolute Gasteiger partial charge is 0.219 e. The topological polar surface area (TPSA) is 75.4 Å². The van der Waals surface area contributed by atoms with Gasteiger partial charge in [-0.2, -0.15) is 0 Å². The van der Waals surface area contributed by atoms with E-state index in [1.165, 1.54) is 0 Å². The monoisotopic (exact) mass is 202 g/mol. The van der Waals surface area contributed by atoms with Gasteiger partial charge in [-0.25, -0.2) is 0 Å². The number of nitrogens with two attached hydrogens (primary N) is 1. The molecule has 1 atom stereocenters. The first-order chi connectivity index (χ1) is 6.66. The maximum absolute atomic E-state index is 11.2. The molecule has 1 unspecified atom stereocenters. The minimum absolute atomic E-state index is 0.0867. The zero-order valence-corrected chi connectivity index (χ0v) is 8.96. The second-order valence-corrected chi connectivity index (χ2v) is 3.65. The zero-order chi connectivity index (χ0) is 10.8. The molecular weight excluding hydrogens is 180 g/mol. The van der Waals surface area contributed by atoms with Gasteiger partial charge in [0.05, 0.1) is 0 Å². The summed E-state index contributed by atoms with van der Waals surface area (Å²) in [5.41, 5.74) is 5.56. The average molecular weight is 202 g/mol. The van der Waals surface area contributed by atoms with Gasteiger partial charge in [-0.1, -0.05) is 0 Å². The Labute approximate surface area is 85.9 Å². The Kier molecular flexibility index (Phi) is 8.57. The van der Waals surface area contributed by atoms with Gasteiger partial charge in [-0.05, 0) is 32.6 Å². The predicted octanol–water partition coefficient (Wildman–Crippen LogP) is 0.393. The number of hydrogen-bond donors (Lipinski definition) is 3. The van der Waals surface area contributed by atoms with Gasteiger partial charge in [-0.15, -0.1) is 0 Å². The van der Waals surface area contributed by atoms with Crippen LogP contribution < -0.4 is 11.1 Å². The number of unbranched alkanes of at least 4 members (excludes halogenated alkanes) is 1. The van der Waals surface area contributed by atoms with Crippen molar-refractivity contribution < 1.29 is 9.90 Å². The molecule has 0 heterocycles. The lowest BCUT2D eigenvalue weighted by molar-refractivity contribution is -0.121. The van der Waals surface area contributed by atoms with Crippen molar-refractivity contribution in [2.24, 2.45) is 5.73 Å². The first-order valence-electron chi connectivity index (χ1n) is 5.30. The molecule has 0 aliphatic heterocycles. The highest BCUT2D eigenvalue weighted by molar-refractivity contribution is 5.75. The molecule has 14 heavy (non-hydrogen) atoms. The van der Waals surface area contributed by atoms with Crippen LogP contribution in [0.4, 0.5) is 0 Å². The fraction of sp³-hybridized carbons (Fsp3) is 0.900. The molecule has 0 aromatic carbocycles. The fourth-order valence-electron chi connectivity index (χ4n) is 1.14. The van der Waals surface area contributed by atoms with E-state index >= 15 is 0 Å². The van der Waals surface area contributed by atoms with Crippen molar-refractivity contribution in [3.8, 4) is 0 Å². The second-order valence-electron chi connectivity index (χ2n) is 3.65. The fourth-order valence-corrected chi connectivity index (χ4v) is 1.14. The van der Waals surface area contributed by atoms with Crippen molar-refractivity contribution in [1.82, 2.24) is 5.32 Å². The predicted molar refractivity (Wildman–Crippen MR) is 56.8 cm³/mol. The summed E-state index contributed by atoms with van der Waals surface area (Å²) < 4.78 is 0. The summed E-state index contributed by atoms with van der Waals surface area (Å²) in [6.07, 6.45) is 3.89. The van der Waals surface area contributed by atoms with Gasteiger partial charge < -0.3 is 16.2 Å². The number of hydrogen-bond acceptors (Lipinski definition) is 3. The van der Waals surface area contributed by atoms with Gasteiger partial charge >= 0.3 is 0 Å². The maximum Gasteiger partial charge on any atom is 0.219 e. The van der Waals surface area contributed by atoms with Crippen LogP contribution in [0.15, 0.2) is 0 Å². The summed E-state index contributed by atoms with van der Waals surface area (Å²) in [5, 5.41) is 11.3. The average Bonchev–Trinajstić information content (AvgIpc) is 2.12. The molecule has 0 radical (unpaired) electrons. The molecule has 0 saturated heterocycles. The van der Waals surface area contributed by atoms with Gasteiger partial charge in [0, 0.05) is 25.6 Å². The van der Waals surface area contributed by atoms with Gasteiger partial charge in [0.15, 0.2) is 0 Å². The summed E-state index contributed by atoms with van der Waals surface area (Å²) in [6, 6.07) is 0.178. The normalized spacial score (nSPS) is 12.5. The number of aliphatic hydroxyl groups excluding tert-OH is 1. The van der Waals surface area contributed by atoms with Crippen molar-refractivity contribution in [2.45, 2.75) is 45.1 Å². The number of nitrogens with one attached hydrogen (secondary N) is 1. The number of amides is 1. The van der Waals surface area contributed by atoms with E-state index in [4.69, 9.17) is 10.8 Å². The number of carbonyl (C=O) groups excluding carboxylic acids is 1. The van der Waals surface area contributed by atoms with Gasteiger partial charge in [-0.3, -0.25) is 4.79 Å². The summed E-state index contributed by atoms with van der Waals surface area (Å²) in [6.45, 7) is 2.80. The molecule has 0 saturated carbocycles. The molecule has 0 aliphatic carbocycles. The van der Waals surface area contributed by atoms with Crippen LogP contribution in [0.3, 0.4) is 0 Å². The number of rotatable bonds is 8. The standard InChI is InChI=1S/C10H22N2O2/c1-9(11)5-4-6-10(14)12-7-2-3-8-13/h9,13H,2-8,11H2,1H3,(H,12,14). The third kappa shape index (κ3) is 9.48. The van der Waals surface area contributed by atoms with E-state index in [9.17, 15) is 4.79 Å². The second kappa shape index (κ2) is 8.97. The van der Waals surface area contributed by atoms with Crippen molar-refractivity contribution in [2.75, 3.05) is 13.2 Å². The molecule has 0 aromatic heterocycles. The Balaban J connectivity index is 3.20. The van der Waals surface area contributed by atoms with Crippen LogP contribution in [-0.4, -0.2) is 30.2 Å². The number of aliphatic hydroxyl groups is 1. The molecule has 0 aromatic rings. The molecule has 0 bridgehead atoms. The van der Waals surface area contributed by atoms with Gasteiger partial charge in [0.2, 0.25) is 5.91 Å². The van der Waals surface area contributed by atoms with Crippen LogP contribution in [-0.2, 0) is 4.79 Å². The Bertz CT molecular complexity index is 149. The van der Waals surface area contributed by atoms with Crippen LogP contribution in [0.5, 0.6) is 0 Å². The molecule has 0 aliphatic rings. The molecule has 4 nitrogen and oxygen atoms in total. The van der Waals surface area contributed by atoms with Crippen LogP contribution in [0.2, 0.25) is 0 Å². The van der Waals surface area contributed by atoms with Gasteiger partial charge in [0.25, 0.3) is 0 Å². The lowest BCUT2D eigenvalue weighted by atomic mass is 10.1. The van der Waals surface area contributed by atoms with Crippen LogP contribution in [0, 0.1) is 0 Å². The van der Waals surface area contributed by atoms with E-state index in [-0.39, 0.29) is 18.6 Å². The van der Waals surface area contributed by atoms with E-state index in [2.05, 4.69) is 5.32 Å². The SMILES string of the molecule is CC(N)CCCC(=O)NCCCCO. The van der Waals surface area contributed by atoms with Crippen LogP contribution in [0.25, 0.3) is 0 Å². The summed E-state index contributed by atoms with van der Waals surface area (Å²) >= 11 is 0. The minimum atomic E-state index is 0.0867. The summed E-state index contributed by atoms with van der Waals surface area (Å²) in [4.78, 5) is 11.2. The Morgan fingerprint density at radius 2 is 2.14 bits per heavy atom. The molecular formula is C10H22N2O2. The van der Waals surface area contributed by atoms with E-state index in [1.807, 2.05) is 6.92 Å². The van der Waals surface area contributed by atoms with E-state index < -0.39 is 0 Å². The lowest BCUT2D eigenvalue weighted by Crippen LogP contribution is -2.25. The van der Waals surface area contributed by atoms with Crippen LogP contribution in [0.1, 0.15) is 39.0 Å². The van der Waals surface area contributed by atoms with E-state index in [0.29, 0.717) is 13.0 Å². The van der Waals surface area contributed by atoms with E-state index in [1.54, 1.807) is 0 Å². The Morgan fingerprint density at radius 1 is 1.43 bits per heavy atom. The summed E-state index contributed by atoms with van der Waals surface area (Å²) in [5.74, 6) is 0.0867. The quantitative estimate of drug-likeness (QED) is 0.498. The van der Waals surface area contributed by atoms with Crippen molar-refractivity contribution in [3.05, 3.63) is 0 Å². The molecule has 84 valence electrons. The van der Waals surface area contributed by atoms with Gasteiger partial charge in [0.1, 0.15) is 0 Å². The third-order valence-electron chi connectivity index (χ3n) is 1.97. The largest absolute Gasteiger partial charge is 0.396 e. The Morgan fingerprint density at radius 3 is 2.71 bits per heavy atom. The third-order valence-corrected chi connectivity index (χ3v) is 1.97. The highest BCUT2D eigenvalue weighted by Crippen LogP contribution is 1.98. The number of carbonyl (C=O) groups is 1.